The smallest absolute Gasteiger partial charge is 0.240 e. The van der Waals surface area contributed by atoms with E-state index >= 15 is 0 Å². The SMILES string of the molecule is O=C(CN1CCC(C(O)c2ccccc2)CC1)Nc1nccs1. The third kappa shape index (κ3) is 4.37. The van der Waals surface area contributed by atoms with Crippen LogP contribution in [0.15, 0.2) is 41.9 Å². The summed E-state index contributed by atoms with van der Waals surface area (Å²) in [5.74, 6) is 0.234. The fourth-order valence-corrected chi connectivity index (χ4v) is 3.54. The van der Waals surface area contributed by atoms with Crippen molar-refractivity contribution in [3.05, 3.63) is 47.5 Å². The van der Waals surface area contributed by atoms with Crippen LogP contribution in [0.1, 0.15) is 24.5 Å². The molecule has 1 aliphatic heterocycles. The zero-order valence-corrected chi connectivity index (χ0v) is 13.7. The lowest BCUT2D eigenvalue weighted by molar-refractivity contribution is -0.117. The minimum atomic E-state index is -0.414. The summed E-state index contributed by atoms with van der Waals surface area (Å²) in [5.41, 5.74) is 0.979. The summed E-state index contributed by atoms with van der Waals surface area (Å²) in [6.45, 7) is 2.05. The number of nitrogens with zero attached hydrogens (tertiary/aromatic N) is 2. The predicted molar refractivity (Wildman–Crippen MR) is 91.3 cm³/mol. The number of aromatic nitrogens is 1. The first kappa shape index (κ1) is 16.1. The summed E-state index contributed by atoms with van der Waals surface area (Å²) < 4.78 is 0. The molecule has 5 nitrogen and oxygen atoms in total. The number of amides is 1. The van der Waals surface area contributed by atoms with Gasteiger partial charge in [0, 0.05) is 11.6 Å². The Morgan fingerprint density at radius 3 is 2.74 bits per heavy atom. The number of hydrogen-bond acceptors (Lipinski definition) is 5. The summed E-state index contributed by atoms with van der Waals surface area (Å²) in [5, 5.41) is 15.8. The van der Waals surface area contributed by atoms with Crippen LogP contribution < -0.4 is 5.32 Å². The van der Waals surface area contributed by atoms with Gasteiger partial charge in [-0.3, -0.25) is 9.69 Å². The summed E-state index contributed by atoms with van der Waals surface area (Å²) >= 11 is 1.42. The number of piperidine rings is 1. The van der Waals surface area contributed by atoms with E-state index in [0.29, 0.717) is 11.7 Å². The Hall–Kier alpha value is -1.76. The molecule has 0 aliphatic carbocycles. The van der Waals surface area contributed by atoms with Crippen molar-refractivity contribution in [2.45, 2.75) is 18.9 Å². The molecule has 1 aromatic carbocycles. The Kier molecular flexibility index (Phi) is 5.38. The van der Waals surface area contributed by atoms with Crippen LogP contribution in [-0.2, 0) is 4.79 Å². The van der Waals surface area contributed by atoms with E-state index in [0.717, 1.165) is 31.5 Å². The van der Waals surface area contributed by atoms with Crippen LogP contribution in [0.4, 0.5) is 5.13 Å². The van der Waals surface area contributed by atoms with Crippen molar-refractivity contribution in [2.75, 3.05) is 25.0 Å². The molecule has 3 rings (SSSR count). The van der Waals surface area contributed by atoms with Crippen LogP contribution in [0, 0.1) is 5.92 Å². The number of carbonyl (C=O) groups is 1. The predicted octanol–water partition coefficient (Wildman–Crippen LogP) is 2.53. The van der Waals surface area contributed by atoms with Crippen molar-refractivity contribution < 1.29 is 9.90 Å². The maximum atomic E-state index is 12.0. The molecule has 1 unspecified atom stereocenters. The quantitative estimate of drug-likeness (QED) is 0.884. The van der Waals surface area contributed by atoms with Gasteiger partial charge in [0.25, 0.3) is 0 Å². The number of aliphatic hydroxyl groups excluding tert-OH is 1. The van der Waals surface area contributed by atoms with Crippen molar-refractivity contribution in [1.29, 1.82) is 0 Å². The third-order valence-corrected chi connectivity index (χ3v) is 4.95. The minimum absolute atomic E-state index is 0.0259. The number of aliphatic hydroxyl groups is 1. The van der Waals surface area contributed by atoms with Gasteiger partial charge in [-0.05, 0) is 37.4 Å². The van der Waals surface area contributed by atoms with Crippen molar-refractivity contribution in [3.8, 4) is 0 Å². The van der Waals surface area contributed by atoms with Crippen molar-refractivity contribution in [2.24, 2.45) is 5.92 Å². The Morgan fingerprint density at radius 2 is 2.09 bits per heavy atom. The van der Waals surface area contributed by atoms with Crippen LogP contribution >= 0.6 is 11.3 Å². The average Bonchev–Trinajstić information content (AvgIpc) is 3.08. The Morgan fingerprint density at radius 1 is 1.35 bits per heavy atom. The Bertz CT molecular complexity index is 610. The van der Waals surface area contributed by atoms with Gasteiger partial charge in [-0.25, -0.2) is 4.98 Å². The highest BCUT2D eigenvalue weighted by Crippen LogP contribution is 2.30. The molecule has 2 heterocycles. The van der Waals surface area contributed by atoms with Gasteiger partial charge >= 0.3 is 0 Å². The van der Waals surface area contributed by atoms with E-state index in [1.165, 1.54) is 11.3 Å². The first-order valence-electron chi connectivity index (χ1n) is 7.87. The van der Waals surface area contributed by atoms with Crippen LogP contribution in [0.3, 0.4) is 0 Å². The summed E-state index contributed by atoms with van der Waals surface area (Å²) in [6, 6.07) is 9.81. The van der Waals surface area contributed by atoms with E-state index in [4.69, 9.17) is 0 Å². The maximum absolute atomic E-state index is 12.0. The van der Waals surface area contributed by atoms with Gasteiger partial charge in [-0.2, -0.15) is 0 Å². The van der Waals surface area contributed by atoms with Gasteiger partial charge in [0.1, 0.15) is 0 Å². The van der Waals surface area contributed by atoms with E-state index in [-0.39, 0.29) is 11.8 Å². The molecule has 23 heavy (non-hydrogen) atoms. The lowest BCUT2D eigenvalue weighted by Crippen LogP contribution is -2.40. The highest BCUT2D eigenvalue weighted by atomic mass is 32.1. The second-order valence-corrected chi connectivity index (χ2v) is 6.75. The van der Waals surface area contributed by atoms with Crippen molar-refractivity contribution in [3.63, 3.8) is 0 Å². The minimum Gasteiger partial charge on any atom is -0.388 e. The first-order valence-corrected chi connectivity index (χ1v) is 8.75. The highest BCUT2D eigenvalue weighted by molar-refractivity contribution is 7.13. The summed E-state index contributed by atoms with van der Waals surface area (Å²) in [4.78, 5) is 18.2. The highest BCUT2D eigenvalue weighted by Gasteiger charge is 2.26. The number of benzene rings is 1. The normalized spacial score (nSPS) is 17.8. The second kappa shape index (κ2) is 7.68. The zero-order valence-electron chi connectivity index (χ0n) is 12.9. The molecule has 2 aromatic rings. The summed E-state index contributed by atoms with van der Waals surface area (Å²) in [7, 11) is 0. The molecule has 0 spiro atoms. The molecular weight excluding hydrogens is 310 g/mol. The van der Waals surface area contributed by atoms with Crippen LogP contribution in [0.25, 0.3) is 0 Å². The van der Waals surface area contributed by atoms with Gasteiger partial charge < -0.3 is 10.4 Å². The number of nitrogens with one attached hydrogen (secondary N) is 1. The number of anilines is 1. The number of carbonyl (C=O) groups excluding carboxylic acids is 1. The fourth-order valence-electron chi connectivity index (χ4n) is 3.00. The number of thiazole rings is 1. The summed E-state index contributed by atoms with van der Waals surface area (Å²) in [6.07, 6.45) is 3.07. The molecule has 1 atom stereocenters. The van der Waals surface area contributed by atoms with Gasteiger partial charge in [0.15, 0.2) is 5.13 Å². The molecule has 0 radical (unpaired) electrons. The van der Waals surface area contributed by atoms with Crippen molar-refractivity contribution >= 4 is 22.4 Å². The largest absolute Gasteiger partial charge is 0.388 e. The number of hydrogen-bond donors (Lipinski definition) is 2. The van der Waals surface area contributed by atoms with Gasteiger partial charge in [-0.15, -0.1) is 11.3 Å². The van der Waals surface area contributed by atoms with E-state index in [1.807, 2.05) is 35.7 Å². The Labute approximate surface area is 140 Å². The molecular formula is C17H21N3O2S. The fraction of sp³-hybridized carbons (Fsp3) is 0.412. The zero-order chi connectivity index (χ0) is 16.1. The molecule has 1 aromatic heterocycles. The van der Waals surface area contributed by atoms with Crippen LogP contribution in [-0.4, -0.2) is 40.5 Å². The third-order valence-electron chi connectivity index (χ3n) is 4.27. The molecule has 0 bridgehead atoms. The lowest BCUT2D eigenvalue weighted by atomic mass is 9.87. The van der Waals surface area contributed by atoms with Gasteiger partial charge in [0.05, 0.1) is 12.6 Å². The van der Waals surface area contributed by atoms with Gasteiger partial charge in [0.2, 0.25) is 5.91 Å². The first-order chi connectivity index (χ1) is 11.2. The van der Waals surface area contributed by atoms with E-state index < -0.39 is 6.10 Å². The monoisotopic (exact) mass is 331 g/mol. The van der Waals surface area contributed by atoms with Crippen molar-refractivity contribution in [1.82, 2.24) is 9.88 Å². The second-order valence-electron chi connectivity index (χ2n) is 5.85. The molecule has 2 N–H and O–H groups in total. The molecule has 1 aliphatic rings. The van der Waals surface area contributed by atoms with E-state index in [1.54, 1.807) is 6.20 Å². The molecule has 122 valence electrons. The molecule has 0 saturated carbocycles. The molecule has 1 saturated heterocycles. The number of likely N-dealkylation sites (tertiary alicyclic amines) is 1. The van der Waals surface area contributed by atoms with Gasteiger partial charge in [-0.1, -0.05) is 30.3 Å². The lowest BCUT2D eigenvalue weighted by Gasteiger charge is -2.33. The van der Waals surface area contributed by atoms with Crippen LogP contribution in [0.2, 0.25) is 0 Å². The topological polar surface area (TPSA) is 65.5 Å². The number of rotatable bonds is 5. The van der Waals surface area contributed by atoms with E-state index in [2.05, 4.69) is 15.2 Å². The average molecular weight is 331 g/mol. The standard InChI is InChI=1S/C17H21N3O2S/c21-15(19-17-18-8-11-23-17)12-20-9-6-14(7-10-20)16(22)13-4-2-1-3-5-13/h1-5,8,11,14,16,22H,6-7,9-10,12H2,(H,18,19,21). The van der Waals surface area contributed by atoms with E-state index in [9.17, 15) is 9.90 Å². The molecule has 1 fully saturated rings. The molecule has 6 heteroatoms. The molecule has 1 amide bonds. The maximum Gasteiger partial charge on any atom is 0.240 e. The Balaban J connectivity index is 1.46. The van der Waals surface area contributed by atoms with Crippen LogP contribution in [0.5, 0.6) is 0 Å².